The third-order valence-electron chi connectivity index (χ3n) is 4.17. The van der Waals surface area contributed by atoms with E-state index in [9.17, 15) is 10.1 Å². The lowest BCUT2D eigenvalue weighted by Crippen LogP contribution is -2.26. The first-order chi connectivity index (χ1) is 13.2. The predicted octanol–water partition coefficient (Wildman–Crippen LogP) is 3.64. The quantitative estimate of drug-likeness (QED) is 0.442. The van der Waals surface area contributed by atoms with E-state index < -0.39 is 0 Å². The molecule has 0 unspecified atom stereocenters. The number of carbonyl (C=O) groups excluding carboxylic acids is 1. The van der Waals surface area contributed by atoms with Crippen LogP contribution in [-0.4, -0.2) is 25.2 Å². The van der Waals surface area contributed by atoms with Crippen LogP contribution in [0, 0.1) is 18.3 Å². The summed E-state index contributed by atoms with van der Waals surface area (Å²) < 4.78 is 11.4. The summed E-state index contributed by atoms with van der Waals surface area (Å²) in [7, 11) is 0. The van der Waals surface area contributed by atoms with E-state index in [4.69, 9.17) is 9.47 Å². The van der Waals surface area contributed by atoms with Gasteiger partial charge in [0.1, 0.15) is 36.4 Å². The first kappa shape index (κ1) is 18.5. The minimum Gasteiger partial charge on any atom is -0.490 e. The fourth-order valence-electron chi connectivity index (χ4n) is 2.50. The van der Waals surface area contributed by atoms with E-state index in [0.29, 0.717) is 19.0 Å². The van der Waals surface area contributed by atoms with Crippen LogP contribution >= 0.6 is 0 Å². The third-order valence-corrected chi connectivity index (χ3v) is 4.17. The summed E-state index contributed by atoms with van der Waals surface area (Å²) in [5, 5.41) is 12.0. The number of ether oxygens (including phenoxy) is 2. The van der Waals surface area contributed by atoms with Crippen molar-refractivity contribution >= 4 is 12.0 Å². The highest BCUT2D eigenvalue weighted by Gasteiger charge is 2.24. The van der Waals surface area contributed by atoms with Crippen molar-refractivity contribution in [3.63, 3.8) is 0 Å². The van der Waals surface area contributed by atoms with Crippen LogP contribution in [0.15, 0.2) is 54.1 Å². The highest BCUT2D eigenvalue weighted by molar-refractivity contribution is 6.01. The minimum atomic E-state index is -0.311. The maximum absolute atomic E-state index is 12.0. The molecule has 1 saturated carbocycles. The van der Waals surface area contributed by atoms with E-state index in [0.717, 1.165) is 29.7 Å². The summed E-state index contributed by atoms with van der Waals surface area (Å²) in [5.41, 5.74) is 1.98. The van der Waals surface area contributed by atoms with Gasteiger partial charge < -0.3 is 14.8 Å². The Morgan fingerprint density at radius 2 is 1.85 bits per heavy atom. The molecular formula is C22H22N2O3. The van der Waals surface area contributed by atoms with Gasteiger partial charge in [-0.25, -0.2) is 0 Å². The zero-order valence-corrected chi connectivity index (χ0v) is 15.3. The second kappa shape index (κ2) is 8.91. The number of carbonyl (C=O) groups is 1. The number of para-hydroxylation sites is 1. The maximum Gasteiger partial charge on any atom is 0.262 e. The number of hydrogen-bond acceptors (Lipinski definition) is 4. The summed E-state index contributed by atoms with van der Waals surface area (Å²) in [6, 6.07) is 17.3. The minimum absolute atomic E-state index is 0.113. The van der Waals surface area contributed by atoms with Crippen LogP contribution in [0.25, 0.3) is 6.08 Å². The van der Waals surface area contributed by atoms with Crippen LogP contribution in [0.3, 0.4) is 0 Å². The molecule has 3 rings (SSSR count). The Kier molecular flexibility index (Phi) is 6.11. The summed E-state index contributed by atoms with van der Waals surface area (Å²) in [5.74, 6) is 1.25. The maximum atomic E-state index is 12.0. The van der Waals surface area contributed by atoms with Crippen molar-refractivity contribution in [2.45, 2.75) is 25.8 Å². The van der Waals surface area contributed by atoms with Crippen LogP contribution in [0.5, 0.6) is 11.5 Å². The molecule has 27 heavy (non-hydrogen) atoms. The molecule has 1 N–H and O–H groups in total. The summed E-state index contributed by atoms with van der Waals surface area (Å²) in [6.07, 6.45) is 3.57. The molecular weight excluding hydrogens is 340 g/mol. The van der Waals surface area contributed by atoms with Gasteiger partial charge in [-0.3, -0.25) is 4.79 Å². The van der Waals surface area contributed by atoms with E-state index in [-0.39, 0.29) is 17.5 Å². The molecule has 0 spiro atoms. The average molecular weight is 362 g/mol. The van der Waals surface area contributed by atoms with E-state index >= 15 is 0 Å². The summed E-state index contributed by atoms with van der Waals surface area (Å²) in [6.45, 7) is 2.88. The molecule has 0 atom stereocenters. The van der Waals surface area contributed by atoms with Crippen molar-refractivity contribution in [3.8, 4) is 17.6 Å². The van der Waals surface area contributed by atoms with Gasteiger partial charge in [0.25, 0.3) is 5.91 Å². The first-order valence-electron chi connectivity index (χ1n) is 8.99. The number of aryl methyl sites for hydroxylation is 1. The van der Waals surface area contributed by atoms with Crippen molar-refractivity contribution in [2.24, 2.45) is 0 Å². The monoisotopic (exact) mass is 362 g/mol. The Labute approximate surface area is 159 Å². The fraction of sp³-hybridized carbons (Fsp3) is 0.273. The van der Waals surface area contributed by atoms with Crippen molar-refractivity contribution < 1.29 is 14.3 Å². The van der Waals surface area contributed by atoms with Crippen LogP contribution in [-0.2, 0) is 4.79 Å². The van der Waals surface area contributed by atoms with Gasteiger partial charge in [-0.2, -0.15) is 5.26 Å². The Morgan fingerprint density at radius 3 is 2.52 bits per heavy atom. The molecule has 1 aliphatic rings. The number of nitrogens with one attached hydrogen (secondary N) is 1. The topological polar surface area (TPSA) is 71.3 Å². The van der Waals surface area contributed by atoms with Crippen molar-refractivity contribution in [3.05, 3.63) is 65.2 Å². The lowest BCUT2D eigenvalue weighted by molar-refractivity contribution is -0.117. The number of nitriles is 1. The zero-order valence-electron chi connectivity index (χ0n) is 15.3. The zero-order chi connectivity index (χ0) is 19.1. The number of rotatable bonds is 8. The van der Waals surface area contributed by atoms with Gasteiger partial charge in [0, 0.05) is 6.04 Å². The largest absolute Gasteiger partial charge is 0.490 e. The molecule has 0 radical (unpaired) electrons. The van der Waals surface area contributed by atoms with Gasteiger partial charge in [-0.1, -0.05) is 30.3 Å². The van der Waals surface area contributed by atoms with Crippen LogP contribution in [0.4, 0.5) is 0 Å². The molecule has 1 fully saturated rings. The van der Waals surface area contributed by atoms with Gasteiger partial charge in [0.15, 0.2) is 0 Å². The van der Waals surface area contributed by atoms with Crippen molar-refractivity contribution in [1.82, 2.24) is 5.32 Å². The Bertz CT molecular complexity index is 862. The van der Waals surface area contributed by atoms with E-state index in [1.807, 2.05) is 61.5 Å². The van der Waals surface area contributed by atoms with Crippen LogP contribution in [0.1, 0.15) is 24.0 Å². The number of benzene rings is 2. The second-order valence-corrected chi connectivity index (χ2v) is 6.45. The smallest absolute Gasteiger partial charge is 0.262 e. The highest BCUT2D eigenvalue weighted by Crippen LogP contribution is 2.20. The number of amides is 1. The average Bonchev–Trinajstić information content (AvgIpc) is 3.49. The summed E-state index contributed by atoms with van der Waals surface area (Å²) >= 11 is 0. The van der Waals surface area contributed by atoms with Gasteiger partial charge in [-0.15, -0.1) is 0 Å². The Balaban J connectivity index is 1.49. The van der Waals surface area contributed by atoms with Gasteiger partial charge in [0.2, 0.25) is 0 Å². The molecule has 0 heterocycles. The molecule has 5 heteroatoms. The Morgan fingerprint density at radius 1 is 1.15 bits per heavy atom. The first-order valence-corrected chi connectivity index (χ1v) is 8.99. The van der Waals surface area contributed by atoms with Crippen molar-refractivity contribution in [2.75, 3.05) is 13.2 Å². The lowest BCUT2D eigenvalue weighted by Gasteiger charge is -2.10. The Hall–Kier alpha value is -3.26. The standard InChI is InChI=1S/C22H22N2O3/c1-16-4-2-3-5-21(16)27-13-12-26-20-10-6-17(7-11-20)14-18(15-23)22(25)24-19-8-9-19/h2-7,10-11,14,19H,8-9,12-13H2,1H3,(H,24,25)/b18-14+. The van der Waals surface area contributed by atoms with E-state index in [2.05, 4.69) is 5.32 Å². The second-order valence-electron chi connectivity index (χ2n) is 6.45. The third kappa shape index (κ3) is 5.61. The molecule has 2 aromatic rings. The van der Waals surface area contributed by atoms with E-state index in [1.165, 1.54) is 0 Å². The SMILES string of the molecule is Cc1ccccc1OCCOc1ccc(/C=C(\C#N)C(=O)NC2CC2)cc1. The van der Waals surface area contributed by atoms with Crippen molar-refractivity contribution in [1.29, 1.82) is 5.26 Å². The van der Waals surface area contributed by atoms with Gasteiger partial charge in [-0.05, 0) is 55.2 Å². The molecule has 0 saturated heterocycles. The van der Waals surface area contributed by atoms with Gasteiger partial charge in [0.05, 0.1) is 0 Å². The molecule has 1 aliphatic carbocycles. The molecule has 5 nitrogen and oxygen atoms in total. The number of hydrogen-bond donors (Lipinski definition) is 1. The molecule has 2 aromatic carbocycles. The molecule has 1 amide bonds. The fourth-order valence-corrected chi connectivity index (χ4v) is 2.50. The molecule has 138 valence electrons. The van der Waals surface area contributed by atoms with E-state index in [1.54, 1.807) is 6.08 Å². The summed E-state index contributed by atoms with van der Waals surface area (Å²) in [4.78, 5) is 12.0. The normalized spacial score (nSPS) is 13.6. The molecule has 0 bridgehead atoms. The molecule has 0 aromatic heterocycles. The van der Waals surface area contributed by atoms with Crippen LogP contribution < -0.4 is 14.8 Å². The highest BCUT2D eigenvalue weighted by atomic mass is 16.5. The van der Waals surface area contributed by atoms with Gasteiger partial charge >= 0.3 is 0 Å². The van der Waals surface area contributed by atoms with Crippen LogP contribution in [0.2, 0.25) is 0 Å². The lowest BCUT2D eigenvalue weighted by atomic mass is 10.1. The predicted molar refractivity (Wildman–Crippen MR) is 103 cm³/mol. The molecule has 0 aliphatic heterocycles. The number of nitrogens with zero attached hydrogens (tertiary/aromatic N) is 1.